The van der Waals surface area contributed by atoms with Crippen molar-refractivity contribution in [3.63, 3.8) is 0 Å². The molecule has 0 spiro atoms. The van der Waals surface area contributed by atoms with E-state index in [1.807, 2.05) is 0 Å². The van der Waals surface area contributed by atoms with Gasteiger partial charge in [-0.25, -0.2) is 61.7 Å². The van der Waals surface area contributed by atoms with E-state index in [0.717, 1.165) is 37.1 Å². The third kappa shape index (κ3) is 79.0. The van der Waals surface area contributed by atoms with E-state index in [1.54, 1.807) is 32.6 Å². The lowest BCUT2D eigenvalue weighted by Crippen LogP contribution is -2.02. The average molecular weight is 1280 g/mol. The number of aromatic nitrogens is 6. The van der Waals surface area contributed by atoms with Gasteiger partial charge in [-0.2, -0.15) is 0 Å². The van der Waals surface area contributed by atoms with Gasteiger partial charge in [0.1, 0.15) is 12.7 Å². The zero-order chi connectivity index (χ0) is 63.5. The van der Waals surface area contributed by atoms with Crippen LogP contribution < -0.4 is 48.8 Å². The van der Waals surface area contributed by atoms with Gasteiger partial charge in [0.05, 0.1) is 6.33 Å². The molecule has 0 aromatic carbocycles. The Morgan fingerprint density at radius 1 is 0.461 bits per heavy atom. The van der Waals surface area contributed by atoms with Crippen molar-refractivity contribution in [1.29, 1.82) is 0 Å². The molecule has 8 atom stereocenters. The lowest BCUT2D eigenvalue weighted by atomic mass is 11.0. The lowest BCUT2D eigenvalue weighted by Gasteiger charge is -2.09. The van der Waals surface area contributed by atoms with Crippen molar-refractivity contribution in [2.24, 2.45) is 28.7 Å². The number of imidazole rings is 3. The maximum absolute atomic E-state index is 10.9. The average Bonchev–Trinajstić information content (AvgIpc) is 4.31. The van der Waals surface area contributed by atoms with E-state index in [2.05, 4.69) is 100 Å². The van der Waals surface area contributed by atoms with Gasteiger partial charge >= 0.3 is 53.9 Å². The number of nitrogens with two attached hydrogens (primary N) is 5. The third-order valence-electron chi connectivity index (χ3n) is 5.64. The maximum atomic E-state index is 10.9. The lowest BCUT2D eigenvalue weighted by molar-refractivity contribution is -0.217. The zero-order valence-corrected chi connectivity index (χ0v) is 53.0. The van der Waals surface area contributed by atoms with Crippen LogP contribution in [0.3, 0.4) is 0 Å². The number of aromatic amines is 1. The van der Waals surface area contributed by atoms with E-state index in [1.165, 1.54) is 122 Å². The zero-order valence-electron chi connectivity index (χ0n) is 45.8. The van der Waals surface area contributed by atoms with Crippen molar-refractivity contribution in [1.82, 2.24) is 43.9 Å². The molecule has 0 radical (unpaired) electrons. The molecule has 39 nitrogen and oxygen atoms in total. The molecule has 0 aliphatic carbocycles. The van der Waals surface area contributed by atoms with Crippen LogP contribution >= 0.6 is 61.7 Å². The van der Waals surface area contributed by atoms with E-state index >= 15 is 0 Å². The second kappa shape index (κ2) is 62.7. The van der Waals surface area contributed by atoms with Crippen LogP contribution in [0.1, 0.15) is 13.8 Å². The van der Waals surface area contributed by atoms with Crippen LogP contribution in [-0.2, 0) is 72.7 Å². The summed E-state index contributed by atoms with van der Waals surface area (Å²) >= 11 is 0. The molecule has 47 heteroatoms. The molecule has 0 aliphatic rings. The molecule has 22 N–H and O–H groups in total. The van der Waals surface area contributed by atoms with Gasteiger partial charge in [-0.15, -0.1) is 0 Å². The summed E-state index contributed by atoms with van der Waals surface area (Å²) in [6.07, 6.45) is 13.4. The Morgan fingerprint density at radius 2 is 0.711 bits per heavy atom. The van der Waals surface area contributed by atoms with Gasteiger partial charge in [-0.05, 0) is 56.4 Å². The maximum Gasteiger partial charge on any atom is 0.437 e. The first-order chi connectivity index (χ1) is 35.0. The Bertz CT molecular complexity index is 1730. The molecule has 0 fully saturated rings. The Labute approximate surface area is 445 Å². The fourth-order valence-electron chi connectivity index (χ4n) is 1.74. The monoisotopic (exact) mass is 1280 g/mol. The first-order valence-corrected chi connectivity index (χ1v) is 32.4. The summed E-state index contributed by atoms with van der Waals surface area (Å²) in [5, 5.41) is 6.24. The topological polar surface area (TPSA) is 626 Å². The van der Waals surface area contributed by atoms with Gasteiger partial charge < -0.3 is 105 Å². The first-order valence-electron chi connectivity index (χ1n) is 19.6. The number of phosphoric ester groups is 1. The van der Waals surface area contributed by atoms with Gasteiger partial charge in [-0.3, -0.25) is 22.7 Å². The number of H-pyrrole nitrogens is 1. The second-order valence-electron chi connectivity index (χ2n) is 9.70. The van der Waals surface area contributed by atoms with Crippen molar-refractivity contribution in [2.45, 2.75) is 13.8 Å². The Hall–Kier alpha value is -1.53. The predicted molar refractivity (Wildman–Crippen MR) is 287 cm³/mol. The number of nitrogens with zero attached hydrogens (tertiary/aromatic N) is 5. The minimum Gasteiger partial charge on any atom is -0.756 e. The molecule has 3 rings (SSSR count). The molecule has 0 aliphatic heterocycles. The highest BCUT2D eigenvalue weighted by atomic mass is 31.2. The summed E-state index contributed by atoms with van der Waals surface area (Å²) in [5.74, 6) is 0. The molecule has 0 saturated carbocycles. The van der Waals surface area contributed by atoms with Gasteiger partial charge in [0.25, 0.3) is 7.82 Å². The molecule has 76 heavy (non-hydrogen) atoms. The van der Waals surface area contributed by atoms with Crippen molar-refractivity contribution in [3.05, 3.63) is 56.2 Å². The highest BCUT2D eigenvalue weighted by Crippen LogP contribution is 2.43. The van der Waals surface area contributed by atoms with E-state index < -0.39 is 61.7 Å². The van der Waals surface area contributed by atoms with Gasteiger partial charge in [0, 0.05) is 106 Å². The van der Waals surface area contributed by atoms with Crippen molar-refractivity contribution >= 4 is 61.7 Å². The number of hydrogen-bond acceptors (Lipinski definition) is 25. The molecule has 3 aromatic heterocycles. The summed E-state index contributed by atoms with van der Waals surface area (Å²) in [6, 6.07) is 0. The smallest absolute Gasteiger partial charge is 0.437 e. The van der Waals surface area contributed by atoms with E-state index in [4.69, 9.17) is 39.1 Å². The summed E-state index contributed by atoms with van der Waals surface area (Å²) in [5.41, 5.74) is 22.5. The minimum absolute atomic E-state index is 0.184. The number of hydrogen-bond donors (Lipinski definition) is 17. The molecular weight excluding hydrogens is 1190 g/mol. The fraction of sp³-hybridized carbons (Fsp3) is 0.690. The third-order valence-corrected chi connectivity index (χ3v) is 14.6. The Morgan fingerprint density at radius 3 is 0.776 bits per heavy atom. The standard InChI is InChI=1S/2C4H7N2O3P.C3H4N2.2C3H9O3P.3C2H8NO3P.5CH5N.CH5O4P/c2*1-9-10(7,8)6-3-2-5-4-6;1-2-5-3-4-1;5*1-3-7(4,5)6-2;5*1-2;1-5-6(2,3)4/h2*2-4H,1H3,(H,7,8);1-3H,(H,4,5);2*3H2,1-2H3,(H,4,5);3*1-2H3,(H2,3,4,5);5*2H2,1H3;1H3,(H2,2,3,4)/p-1. The first kappa shape index (κ1) is 99.8. The summed E-state index contributed by atoms with van der Waals surface area (Å²) < 4.78 is 117. The van der Waals surface area contributed by atoms with Crippen LogP contribution in [0.25, 0.3) is 0 Å². The van der Waals surface area contributed by atoms with Crippen LogP contribution in [0, 0.1) is 0 Å². The number of nitrogens with one attached hydrogen (secondary N) is 4. The number of phosphoric acid groups is 1. The summed E-state index contributed by atoms with van der Waals surface area (Å²) in [6.45, 7) is 3.20. The summed E-state index contributed by atoms with van der Waals surface area (Å²) in [7, 11) is -7.45. The Balaban J connectivity index is -0.0000000684. The molecule has 8 unspecified atom stereocenters. The van der Waals surface area contributed by atoms with Crippen molar-refractivity contribution in [2.75, 3.05) is 126 Å². The Kier molecular flexibility index (Phi) is 82.3. The normalized spacial score (nSPS) is 15.5. The molecule has 466 valence electrons. The largest absolute Gasteiger partial charge is 0.756 e. The SMILES string of the molecule is CCP(=O)(O)OC.CCP(=O)(O)OC.CN.CN.CN.CN.CN.CNP(=O)(O)OC.CNP(=O)(O)OC.CNP(=O)(O)OC.COP(=O)(O)n1ccnc1.COP(=O)(O)n1ccnc1.COP(=O)([O-])O.c1c[nH]cn1. The quantitative estimate of drug-likeness (QED) is 0.0881. The highest BCUT2D eigenvalue weighted by molar-refractivity contribution is 7.53. The molecule has 3 heterocycles. The highest BCUT2D eigenvalue weighted by Gasteiger charge is 2.19. The molecule has 3 aromatic rings. The van der Waals surface area contributed by atoms with Crippen LogP contribution in [0.2, 0.25) is 0 Å². The number of rotatable bonds is 15. The van der Waals surface area contributed by atoms with E-state index in [9.17, 15) is 41.4 Å². The van der Waals surface area contributed by atoms with Gasteiger partial charge in [-0.1, -0.05) is 13.8 Å². The predicted octanol–water partition coefficient (Wildman–Crippen LogP) is -0.132. The second-order valence-corrected chi connectivity index (χ2v) is 24.7. The van der Waals surface area contributed by atoms with Crippen molar-refractivity contribution in [3.8, 4) is 0 Å². The fourth-order valence-corrected chi connectivity index (χ4v) is 4.02. The van der Waals surface area contributed by atoms with Crippen molar-refractivity contribution < 1.29 is 117 Å². The molecular formula is C29H89N14O25P8-. The molecule has 0 saturated heterocycles. The van der Waals surface area contributed by atoms with E-state index in [-0.39, 0.29) is 12.3 Å². The van der Waals surface area contributed by atoms with E-state index in [0.29, 0.717) is 0 Å². The van der Waals surface area contributed by atoms with Gasteiger partial charge in [0.2, 0.25) is 0 Å². The molecule has 0 amide bonds. The van der Waals surface area contributed by atoms with Gasteiger partial charge in [0.15, 0.2) is 0 Å². The van der Waals surface area contributed by atoms with Crippen LogP contribution in [0.15, 0.2) is 56.2 Å². The van der Waals surface area contributed by atoms with Crippen LogP contribution in [-0.4, -0.2) is 193 Å². The minimum atomic E-state index is -4.40. The van der Waals surface area contributed by atoms with Crippen LogP contribution in [0.5, 0.6) is 0 Å². The van der Waals surface area contributed by atoms with Crippen LogP contribution in [0.4, 0.5) is 0 Å². The molecule has 0 bridgehead atoms. The summed E-state index contributed by atoms with van der Waals surface area (Å²) in [4.78, 5) is 90.4.